The van der Waals surface area contributed by atoms with Crippen LogP contribution in [0.5, 0.6) is 0 Å². The molecule has 1 fully saturated rings. The summed E-state index contributed by atoms with van der Waals surface area (Å²) in [4.78, 5) is 11.2. The van der Waals surface area contributed by atoms with Crippen LogP contribution in [0.3, 0.4) is 0 Å². The maximum Gasteiger partial charge on any atom is 0.135 e. The molecular formula is C15H20O2. The van der Waals surface area contributed by atoms with Gasteiger partial charge in [-0.15, -0.1) is 0 Å². The number of benzene rings is 1. The summed E-state index contributed by atoms with van der Waals surface area (Å²) in [7, 11) is 0. The van der Waals surface area contributed by atoms with E-state index in [9.17, 15) is 4.79 Å². The van der Waals surface area contributed by atoms with E-state index in [1.54, 1.807) is 0 Å². The number of hydrogen-bond acceptors (Lipinski definition) is 2. The molecule has 0 radical (unpaired) electrons. The Morgan fingerprint density at radius 2 is 2.06 bits per heavy atom. The number of hydrogen-bond donors (Lipinski definition) is 0. The highest BCUT2D eigenvalue weighted by molar-refractivity contribution is 5.79. The van der Waals surface area contributed by atoms with Gasteiger partial charge in [-0.2, -0.15) is 0 Å². The Kier molecular flexibility index (Phi) is 4.75. The van der Waals surface area contributed by atoms with E-state index >= 15 is 0 Å². The molecule has 0 aliphatic heterocycles. The summed E-state index contributed by atoms with van der Waals surface area (Å²) in [5.74, 6) is 0.365. The largest absolute Gasteiger partial charge is 0.378 e. The van der Waals surface area contributed by atoms with Crippen molar-refractivity contribution in [2.45, 2.75) is 44.6 Å². The number of rotatable bonds is 5. The average Bonchev–Trinajstić information content (AvgIpc) is 2.36. The Balaban J connectivity index is 1.61. The van der Waals surface area contributed by atoms with Gasteiger partial charge in [0.2, 0.25) is 0 Å². The number of carbonyl (C=O) groups excluding carboxylic acids is 1. The molecule has 92 valence electrons. The molecule has 1 atom stereocenters. The van der Waals surface area contributed by atoms with Crippen LogP contribution in [0.1, 0.15) is 37.7 Å². The van der Waals surface area contributed by atoms with Crippen LogP contribution < -0.4 is 0 Å². The van der Waals surface area contributed by atoms with E-state index in [4.69, 9.17) is 4.74 Å². The minimum absolute atomic E-state index is 0.187. The van der Waals surface area contributed by atoms with Crippen molar-refractivity contribution in [3.63, 3.8) is 0 Å². The van der Waals surface area contributed by atoms with Gasteiger partial charge in [0.25, 0.3) is 0 Å². The lowest BCUT2D eigenvalue weighted by atomic mass is 9.96. The van der Waals surface area contributed by atoms with Crippen LogP contribution in [0.2, 0.25) is 0 Å². The van der Waals surface area contributed by atoms with Gasteiger partial charge in [0.1, 0.15) is 5.78 Å². The molecule has 2 heteroatoms. The summed E-state index contributed by atoms with van der Waals surface area (Å²) in [6.45, 7) is 0.771. The first-order valence-corrected chi connectivity index (χ1v) is 6.52. The van der Waals surface area contributed by atoms with Crippen molar-refractivity contribution in [1.29, 1.82) is 0 Å². The SMILES string of the molecule is O=C1CCCC(OCCCc2ccccc2)C1. The van der Waals surface area contributed by atoms with Gasteiger partial charge in [-0.05, 0) is 31.2 Å². The molecule has 0 N–H and O–H groups in total. The van der Waals surface area contributed by atoms with E-state index in [-0.39, 0.29) is 6.10 Å². The second-order valence-corrected chi connectivity index (χ2v) is 4.72. The predicted molar refractivity (Wildman–Crippen MR) is 68.0 cm³/mol. The molecule has 1 saturated carbocycles. The molecule has 0 heterocycles. The van der Waals surface area contributed by atoms with E-state index < -0.39 is 0 Å². The zero-order chi connectivity index (χ0) is 11.9. The zero-order valence-corrected chi connectivity index (χ0v) is 10.2. The fourth-order valence-corrected chi connectivity index (χ4v) is 2.30. The molecular weight excluding hydrogens is 212 g/mol. The van der Waals surface area contributed by atoms with Crippen molar-refractivity contribution in [2.75, 3.05) is 6.61 Å². The molecule has 1 aliphatic rings. The maximum absolute atomic E-state index is 11.2. The molecule has 1 aromatic rings. The Morgan fingerprint density at radius 1 is 1.24 bits per heavy atom. The van der Waals surface area contributed by atoms with Crippen LogP contribution in [-0.4, -0.2) is 18.5 Å². The van der Waals surface area contributed by atoms with E-state index in [2.05, 4.69) is 24.3 Å². The average molecular weight is 232 g/mol. The van der Waals surface area contributed by atoms with Gasteiger partial charge < -0.3 is 4.74 Å². The first-order valence-electron chi connectivity index (χ1n) is 6.52. The Morgan fingerprint density at radius 3 is 2.82 bits per heavy atom. The third kappa shape index (κ3) is 4.31. The van der Waals surface area contributed by atoms with Crippen molar-refractivity contribution < 1.29 is 9.53 Å². The van der Waals surface area contributed by atoms with E-state index in [0.29, 0.717) is 12.2 Å². The molecule has 1 unspecified atom stereocenters. The van der Waals surface area contributed by atoms with E-state index in [1.807, 2.05) is 6.07 Å². The number of carbonyl (C=O) groups is 1. The van der Waals surface area contributed by atoms with Gasteiger partial charge in [-0.25, -0.2) is 0 Å². The molecule has 17 heavy (non-hydrogen) atoms. The van der Waals surface area contributed by atoms with Crippen LogP contribution >= 0.6 is 0 Å². The molecule has 0 aromatic heterocycles. The Hall–Kier alpha value is -1.15. The van der Waals surface area contributed by atoms with Gasteiger partial charge in [0, 0.05) is 19.4 Å². The summed E-state index contributed by atoms with van der Waals surface area (Å²) in [5.41, 5.74) is 1.36. The fraction of sp³-hybridized carbons (Fsp3) is 0.533. The summed E-state index contributed by atoms with van der Waals surface area (Å²) < 4.78 is 5.75. The van der Waals surface area contributed by atoms with Crippen LogP contribution in [0.25, 0.3) is 0 Å². The van der Waals surface area contributed by atoms with Gasteiger partial charge in [-0.1, -0.05) is 30.3 Å². The van der Waals surface area contributed by atoms with Crippen LogP contribution in [0, 0.1) is 0 Å². The second kappa shape index (κ2) is 6.55. The fourth-order valence-electron chi connectivity index (χ4n) is 2.30. The molecule has 0 saturated heterocycles. The Bertz CT molecular complexity index is 345. The van der Waals surface area contributed by atoms with E-state index in [1.165, 1.54) is 5.56 Å². The van der Waals surface area contributed by atoms with Gasteiger partial charge in [0.15, 0.2) is 0 Å². The monoisotopic (exact) mass is 232 g/mol. The highest BCUT2D eigenvalue weighted by atomic mass is 16.5. The van der Waals surface area contributed by atoms with Crippen LogP contribution in [-0.2, 0) is 16.0 Å². The highest BCUT2D eigenvalue weighted by Crippen LogP contribution is 2.18. The zero-order valence-electron chi connectivity index (χ0n) is 10.2. The number of aryl methyl sites for hydroxylation is 1. The summed E-state index contributed by atoms with van der Waals surface area (Å²) in [6.07, 6.45) is 5.72. The van der Waals surface area contributed by atoms with Crippen LogP contribution in [0.4, 0.5) is 0 Å². The predicted octanol–water partition coefficient (Wildman–Crippen LogP) is 3.15. The van der Waals surface area contributed by atoms with Crippen LogP contribution in [0.15, 0.2) is 30.3 Å². The lowest BCUT2D eigenvalue weighted by Gasteiger charge is -2.21. The summed E-state index contributed by atoms with van der Waals surface area (Å²) in [6, 6.07) is 10.5. The van der Waals surface area contributed by atoms with Crippen molar-refractivity contribution in [2.24, 2.45) is 0 Å². The van der Waals surface area contributed by atoms with E-state index in [0.717, 1.165) is 38.7 Å². The molecule has 0 amide bonds. The van der Waals surface area contributed by atoms with Gasteiger partial charge in [-0.3, -0.25) is 4.79 Å². The third-order valence-corrected chi connectivity index (χ3v) is 3.24. The second-order valence-electron chi connectivity index (χ2n) is 4.72. The van der Waals surface area contributed by atoms with Crippen molar-refractivity contribution in [1.82, 2.24) is 0 Å². The quantitative estimate of drug-likeness (QED) is 0.729. The van der Waals surface area contributed by atoms with Crippen molar-refractivity contribution in [3.05, 3.63) is 35.9 Å². The lowest BCUT2D eigenvalue weighted by molar-refractivity contribution is -0.124. The molecule has 0 spiro atoms. The standard InChI is InChI=1S/C15H20O2/c16-14-9-4-10-15(12-14)17-11-5-8-13-6-2-1-3-7-13/h1-3,6-7,15H,4-5,8-12H2. The summed E-state index contributed by atoms with van der Waals surface area (Å²) >= 11 is 0. The third-order valence-electron chi connectivity index (χ3n) is 3.24. The first-order chi connectivity index (χ1) is 8.34. The molecule has 0 bridgehead atoms. The Labute approximate surface area is 103 Å². The normalized spacial score (nSPS) is 20.5. The number of ether oxygens (including phenoxy) is 1. The molecule has 1 aromatic carbocycles. The van der Waals surface area contributed by atoms with Crippen molar-refractivity contribution >= 4 is 5.78 Å². The van der Waals surface area contributed by atoms with Crippen molar-refractivity contribution in [3.8, 4) is 0 Å². The number of ketones is 1. The number of Topliss-reactive ketones (excluding diaryl/α,β-unsaturated/α-hetero) is 1. The lowest BCUT2D eigenvalue weighted by Crippen LogP contribution is -2.23. The van der Waals surface area contributed by atoms with Gasteiger partial charge >= 0.3 is 0 Å². The highest BCUT2D eigenvalue weighted by Gasteiger charge is 2.19. The molecule has 1 aliphatic carbocycles. The minimum atomic E-state index is 0.187. The summed E-state index contributed by atoms with van der Waals surface area (Å²) in [5, 5.41) is 0. The van der Waals surface area contributed by atoms with Gasteiger partial charge in [0.05, 0.1) is 6.10 Å². The smallest absolute Gasteiger partial charge is 0.135 e. The molecule has 2 rings (SSSR count). The topological polar surface area (TPSA) is 26.3 Å². The first kappa shape index (κ1) is 12.3. The minimum Gasteiger partial charge on any atom is -0.378 e. The maximum atomic E-state index is 11.2. The molecule has 2 nitrogen and oxygen atoms in total.